The first-order chi connectivity index (χ1) is 10.5. The maximum atomic E-state index is 11.9. The Morgan fingerprint density at radius 2 is 1.68 bits per heavy atom. The Balaban J connectivity index is 1.92. The molecular weight excluding hydrogens is 346 g/mol. The molecule has 3 N–H and O–H groups in total. The molecule has 0 saturated carbocycles. The molecule has 22 heavy (non-hydrogen) atoms. The Hall–Kier alpha value is -2.34. The lowest BCUT2D eigenvalue weighted by Crippen LogP contribution is -2.28. The van der Waals surface area contributed by atoms with Crippen molar-refractivity contribution in [1.82, 2.24) is 5.32 Å². The molecule has 0 radical (unpaired) electrons. The van der Waals surface area contributed by atoms with Crippen molar-refractivity contribution in [2.75, 3.05) is 10.6 Å². The zero-order valence-electron chi connectivity index (χ0n) is 12.0. The number of carbonyl (C=O) groups is 2. The summed E-state index contributed by atoms with van der Waals surface area (Å²) in [5.41, 5.74) is 2.23. The second kappa shape index (κ2) is 7.61. The highest BCUT2D eigenvalue weighted by Gasteiger charge is 2.04. The Bertz CT molecular complexity index is 689. The van der Waals surface area contributed by atoms with Gasteiger partial charge in [-0.3, -0.25) is 4.79 Å². The van der Waals surface area contributed by atoms with E-state index in [2.05, 4.69) is 31.9 Å². The van der Waals surface area contributed by atoms with Crippen molar-refractivity contribution in [3.63, 3.8) is 0 Å². The Kier molecular flexibility index (Phi) is 5.55. The van der Waals surface area contributed by atoms with Crippen LogP contribution in [0.2, 0.25) is 0 Å². The fraction of sp³-hybridized carbons (Fsp3) is 0.125. The highest BCUT2D eigenvalue weighted by molar-refractivity contribution is 9.10. The molecule has 5 nitrogen and oxygen atoms in total. The van der Waals surface area contributed by atoms with Gasteiger partial charge >= 0.3 is 6.03 Å². The average Bonchev–Trinajstić information content (AvgIpc) is 2.46. The summed E-state index contributed by atoms with van der Waals surface area (Å²) in [6, 6.07) is 14.3. The van der Waals surface area contributed by atoms with Crippen molar-refractivity contribution in [2.45, 2.75) is 13.5 Å². The van der Waals surface area contributed by atoms with E-state index in [1.165, 1.54) is 6.92 Å². The van der Waals surface area contributed by atoms with Crippen LogP contribution in [0, 0.1) is 0 Å². The van der Waals surface area contributed by atoms with Crippen LogP contribution in [0.1, 0.15) is 12.5 Å². The lowest BCUT2D eigenvalue weighted by molar-refractivity contribution is -0.114. The number of nitrogens with one attached hydrogen (secondary N) is 3. The summed E-state index contributed by atoms with van der Waals surface area (Å²) in [4.78, 5) is 22.9. The first-order valence-electron chi connectivity index (χ1n) is 6.70. The van der Waals surface area contributed by atoms with Crippen LogP contribution >= 0.6 is 15.9 Å². The van der Waals surface area contributed by atoms with E-state index >= 15 is 0 Å². The molecule has 0 aliphatic heterocycles. The van der Waals surface area contributed by atoms with Crippen molar-refractivity contribution in [2.24, 2.45) is 0 Å². The number of amides is 3. The molecule has 0 aromatic heterocycles. The molecule has 0 unspecified atom stereocenters. The molecule has 6 heteroatoms. The summed E-state index contributed by atoms with van der Waals surface area (Å²) >= 11 is 3.43. The number of hydrogen-bond donors (Lipinski definition) is 3. The van der Waals surface area contributed by atoms with Gasteiger partial charge in [0.2, 0.25) is 5.91 Å². The van der Waals surface area contributed by atoms with Gasteiger partial charge in [0, 0.05) is 29.3 Å². The van der Waals surface area contributed by atoms with E-state index in [9.17, 15) is 9.59 Å². The molecule has 0 spiro atoms. The minimum atomic E-state index is -0.310. The topological polar surface area (TPSA) is 70.2 Å². The van der Waals surface area contributed by atoms with Gasteiger partial charge in [-0.05, 0) is 29.8 Å². The molecule has 0 aliphatic rings. The number of urea groups is 1. The van der Waals surface area contributed by atoms with E-state index in [0.29, 0.717) is 17.9 Å². The average molecular weight is 362 g/mol. The van der Waals surface area contributed by atoms with Crippen LogP contribution in [0.15, 0.2) is 53.0 Å². The fourth-order valence-corrected chi connectivity index (χ4v) is 2.30. The molecule has 0 aliphatic carbocycles. The number of benzene rings is 2. The highest BCUT2D eigenvalue weighted by atomic mass is 79.9. The first-order valence-corrected chi connectivity index (χ1v) is 7.50. The monoisotopic (exact) mass is 361 g/mol. The summed E-state index contributed by atoms with van der Waals surface area (Å²) in [6.07, 6.45) is 0. The van der Waals surface area contributed by atoms with Gasteiger partial charge in [0.25, 0.3) is 0 Å². The molecular formula is C16H16BrN3O2. The number of carbonyl (C=O) groups excluding carboxylic acids is 2. The van der Waals surface area contributed by atoms with E-state index < -0.39 is 0 Å². The normalized spacial score (nSPS) is 9.91. The molecule has 3 amide bonds. The zero-order chi connectivity index (χ0) is 15.9. The minimum absolute atomic E-state index is 0.157. The van der Waals surface area contributed by atoms with Crippen LogP contribution in [0.3, 0.4) is 0 Å². The lowest BCUT2D eigenvalue weighted by atomic mass is 10.2. The van der Waals surface area contributed by atoms with Crippen molar-refractivity contribution in [3.8, 4) is 0 Å². The van der Waals surface area contributed by atoms with Crippen LogP contribution in [0.25, 0.3) is 0 Å². The fourth-order valence-electron chi connectivity index (χ4n) is 1.87. The van der Waals surface area contributed by atoms with Crippen molar-refractivity contribution >= 4 is 39.2 Å². The molecule has 0 atom stereocenters. The Labute approximate surface area is 137 Å². The zero-order valence-corrected chi connectivity index (χ0v) is 13.6. The van der Waals surface area contributed by atoms with Crippen LogP contribution in [-0.4, -0.2) is 11.9 Å². The first kappa shape index (κ1) is 16.0. The van der Waals surface area contributed by atoms with E-state index in [-0.39, 0.29) is 11.9 Å². The van der Waals surface area contributed by atoms with E-state index in [4.69, 9.17) is 0 Å². The highest BCUT2D eigenvalue weighted by Crippen LogP contribution is 2.16. The van der Waals surface area contributed by atoms with Crippen LogP contribution in [-0.2, 0) is 11.3 Å². The molecule has 0 fully saturated rings. The third-order valence-electron chi connectivity index (χ3n) is 2.84. The number of anilines is 2. The van der Waals surface area contributed by atoms with Crippen molar-refractivity contribution < 1.29 is 9.59 Å². The number of rotatable bonds is 4. The molecule has 0 saturated heterocycles. The van der Waals surface area contributed by atoms with Crippen molar-refractivity contribution in [1.29, 1.82) is 0 Å². The summed E-state index contributed by atoms with van der Waals surface area (Å²) in [6.45, 7) is 1.85. The molecule has 2 aromatic rings. The molecule has 2 rings (SSSR count). The second-order valence-electron chi connectivity index (χ2n) is 4.66. The molecule has 2 aromatic carbocycles. The second-order valence-corrected chi connectivity index (χ2v) is 5.52. The van der Waals surface area contributed by atoms with Gasteiger partial charge in [-0.15, -0.1) is 0 Å². The Morgan fingerprint density at radius 3 is 2.36 bits per heavy atom. The van der Waals surface area contributed by atoms with Gasteiger partial charge in [0.15, 0.2) is 0 Å². The van der Waals surface area contributed by atoms with Crippen molar-refractivity contribution in [3.05, 3.63) is 58.6 Å². The van der Waals surface area contributed by atoms with E-state index in [1.807, 2.05) is 24.3 Å². The summed E-state index contributed by atoms with van der Waals surface area (Å²) in [5, 5.41) is 8.18. The third-order valence-corrected chi connectivity index (χ3v) is 3.61. The Morgan fingerprint density at radius 1 is 1.00 bits per heavy atom. The summed E-state index contributed by atoms with van der Waals surface area (Å²) < 4.78 is 0.947. The maximum Gasteiger partial charge on any atom is 0.319 e. The number of halogens is 1. The van der Waals surface area contributed by atoms with E-state index in [0.717, 1.165) is 10.0 Å². The SMILES string of the molecule is CC(=O)Nc1cccc(NC(=O)NCc2ccccc2Br)c1. The smallest absolute Gasteiger partial charge is 0.319 e. The van der Waals surface area contributed by atoms with E-state index in [1.54, 1.807) is 24.3 Å². The maximum absolute atomic E-state index is 11.9. The minimum Gasteiger partial charge on any atom is -0.334 e. The number of hydrogen-bond acceptors (Lipinski definition) is 2. The summed E-state index contributed by atoms with van der Waals surface area (Å²) in [5.74, 6) is -0.157. The van der Waals surface area contributed by atoms with Gasteiger partial charge in [0.05, 0.1) is 0 Å². The summed E-state index contributed by atoms with van der Waals surface area (Å²) in [7, 11) is 0. The lowest BCUT2D eigenvalue weighted by Gasteiger charge is -2.10. The molecule has 114 valence electrons. The van der Waals surface area contributed by atoms with Gasteiger partial charge in [-0.25, -0.2) is 4.79 Å². The predicted molar refractivity (Wildman–Crippen MR) is 90.7 cm³/mol. The largest absolute Gasteiger partial charge is 0.334 e. The van der Waals surface area contributed by atoms with Crippen LogP contribution < -0.4 is 16.0 Å². The van der Waals surface area contributed by atoms with Gasteiger partial charge < -0.3 is 16.0 Å². The molecule has 0 bridgehead atoms. The van der Waals surface area contributed by atoms with Gasteiger partial charge in [-0.2, -0.15) is 0 Å². The van der Waals surface area contributed by atoms with Crippen LogP contribution in [0.5, 0.6) is 0 Å². The predicted octanol–water partition coefficient (Wildman–Crippen LogP) is 3.73. The third kappa shape index (κ3) is 4.89. The quantitative estimate of drug-likeness (QED) is 0.776. The standard InChI is InChI=1S/C16H16BrN3O2/c1-11(21)19-13-6-4-7-14(9-13)20-16(22)18-10-12-5-2-3-8-15(12)17/h2-9H,10H2,1H3,(H,19,21)(H2,18,20,22). The van der Waals surface area contributed by atoms with Gasteiger partial charge in [-0.1, -0.05) is 40.2 Å². The van der Waals surface area contributed by atoms with Crippen LogP contribution in [0.4, 0.5) is 16.2 Å². The van der Waals surface area contributed by atoms with Gasteiger partial charge in [0.1, 0.15) is 0 Å². The molecule has 0 heterocycles.